The van der Waals surface area contributed by atoms with Gasteiger partial charge in [-0.2, -0.15) is 0 Å². The molecule has 0 bridgehead atoms. The number of carbonyl (C=O) groups is 1. The van der Waals surface area contributed by atoms with Gasteiger partial charge in [0, 0.05) is 12.1 Å². The van der Waals surface area contributed by atoms with E-state index in [9.17, 15) is 9.90 Å². The van der Waals surface area contributed by atoms with Crippen molar-refractivity contribution in [3.05, 3.63) is 0 Å². The Hall–Kier alpha value is -0.610. The van der Waals surface area contributed by atoms with Gasteiger partial charge in [0.05, 0.1) is 0 Å². The number of hydrogen-bond donors (Lipinski definition) is 2. The number of rotatable bonds is 8. The molecule has 0 aromatic rings. The van der Waals surface area contributed by atoms with Gasteiger partial charge >= 0.3 is 5.97 Å². The van der Waals surface area contributed by atoms with E-state index >= 15 is 0 Å². The fourth-order valence-electron chi connectivity index (χ4n) is 3.37. The maximum atomic E-state index is 11.7. The molecule has 118 valence electrons. The van der Waals surface area contributed by atoms with Crippen molar-refractivity contribution in [2.24, 2.45) is 5.92 Å². The van der Waals surface area contributed by atoms with Gasteiger partial charge < -0.3 is 15.3 Å². The van der Waals surface area contributed by atoms with Crippen molar-refractivity contribution in [2.75, 3.05) is 13.6 Å². The summed E-state index contributed by atoms with van der Waals surface area (Å²) < 4.78 is 0. The Morgan fingerprint density at radius 3 is 2.60 bits per heavy atom. The normalized spacial score (nSPS) is 28.2. The highest BCUT2D eigenvalue weighted by Gasteiger charge is 2.46. The number of carboxylic acid groups (broad SMARTS) is 1. The molecule has 4 heteroatoms. The quantitative estimate of drug-likeness (QED) is 0.719. The fraction of sp³-hybridized carbons (Fsp3) is 0.938. The Balaban J connectivity index is 2.65. The largest absolute Gasteiger partial charge is 0.480 e. The second kappa shape index (κ2) is 7.41. The summed E-state index contributed by atoms with van der Waals surface area (Å²) in [7, 11) is 2.15. The summed E-state index contributed by atoms with van der Waals surface area (Å²) in [6.07, 6.45) is 4.57. The Morgan fingerprint density at radius 1 is 1.45 bits per heavy atom. The minimum Gasteiger partial charge on any atom is -0.480 e. The molecule has 0 aromatic carbocycles. The zero-order chi connectivity index (χ0) is 15.3. The van der Waals surface area contributed by atoms with E-state index in [1.165, 1.54) is 0 Å². The predicted octanol–water partition coefficient (Wildman–Crippen LogP) is 2.73. The van der Waals surface area contributed by atoms with Crippen LogP contribution in [0.2, 0.25) is 0 Å². The topological polar surface area (TPSA) is 52.6 Å². The number of nitrogens with one attached hydrogen (secondary N) is 1. The van der Waals surface area contributed by atoms with E-state index in [2.05, 4.69) is 45.0 Å². The summed E-state index contributed by atoms with van der Waals surface area (Å²) in [5.74, 6) is -0.00494. The van der Waals surface area contributed by atoms with Gasteiger partial charge in [0.2, 0.25) is 0 Å². The average molecular weight is 284 g/mol. The van der Waals surface area contributed by atoms with E-state index in [1.807, 2.05) is 0 Å². The standard InChI is InChI=1S/C16H32N2O2/c1-6-9-17-16(15(19)20)8-7-14(11-16)18(5)13(4)10-12(2)3/h12-14,17H,6-11H2,1-5H3,(H,19,20). The maximum absolute atomic E-state index is 11.7. The molecule has 0 saturated heterocycles. The van der Waals surface area contributed by atoms with Gasteiger partial charge in [0.15, 0.2) is 0 Å². The molecule has 3 unspecified atom stereocenters. The highest BCUT2D eigenvalue weighted by atomic mass is 16.4. The highest BCUT2D eigenvalue weighted by molar-refractivity contribution is 5.79. The van der Waals surface area contributed by atoms with Gasteiger partial charge in [-0.15, -0.1) is 0 Å². The molecule has 0 spiro atoms. The summed E-state index contributed by atoms with van der Waals surface area (Å²) in [5, 5.41) is 12.9. The molecule has 2 N–H and O–H groups in total. The Morgan fingerprint density at radius 2 is 2.10 bits per heavy atom. The maximum Gasteiger partial charge on any atom is 0.323 e. The van der Waals surface area contributed by atoms with Gasteiger partial charge in [-0.1, -0.05) is 20.8 Å². The first-order valence-electron chi connectivity index (χ1n) is 8.02. The van der Waals surface area contributed by atoms with Crippen LogP contribution in [0.5, 0.6) is 0 Å². The molecule has 4 nitrogen and oxygen atoms in total. The lowest BCUT2D eigenvalue weighted by molar-refractivity contribution is -0.144. The van der Waals surface area contributed by atoms with E-state index in [4.69, 9.17) is 0 Å². The molecule has 0 heterocycles. The van der Waals surface area contributed by atoms with Gasteiger partial charge in [0.25, 0.3) is 0 Å². The van der Waals surface area contributed by atoms with Gasteiger partial charge in [-0.3, -0.25) is 4.79 Å². The predicted molar refractivity (Wildman–Crippen MR) is 83.0 cm³/mol. The van der Waals surface area contributed by atoms with Gasteiger partial charge in [-0.25, -0.2) is 0 Å². The molecule has 0 amide bonds. The van der Waals surface area contributed by atoms with E-state index in [0.29, 0.717) is 18.0 Å². The summed E-state index contributed by atoms with van der Waals surface area (Å²) in [6.45, 7) is 9.59. The molecular formula is C16H32N2O2. The number of nitrogens with zero attached hydrogens (tertiary/aromatic N) is 1. The Kier molecular flexibility index (Phi) is 6.46. The number of carboxylic acids is 1. The molecule has 1 aliphatic rings. The van der Waals surface area contributed by atoms with Gasteiger partial charge in [0.1, 0.15) is 5.54 Å². The van der Waals surface area contributed by atoms with Crippen molar-refractivity contribution in [1.82, 2.24) is 10.2 Å². The first-order valence-corrected chi connectivity index (χ1v) is 8.02. The molecule has 1 saturated carbocycles. The monoisotopic (exact) mass is 284 g/mol. The van der Waals surface area contributed by atoms with Crippen LogP contribution in [-0.2, 0) is 4.79 Å². The van der Waals surface area contributed by atoms with Crippen molar-refractivity contribution in [2.45, 2.75) is 77.4 Å². The Bertz CT molecular complexity index is 320. The van der Waals surface area contributed by atoms with Crippen molar-refractivity contribution < 1.29 is 9.90 Å². The van der Waals surface area contributed by atoms with Crippen molar-refractivity contribution in [1.29, 1.82) is 0 Å². The summed E-state index contributed by atoms with van der Waals surface area (Å²) in [4.78, 5) is 14.1. The molecule has 3 atom stereocenters. The second-order valence-electron chi connectivity index (χ2n) is 6.85. The van der Waals surface area contributed by atoms with E-state index in [1.54, 1.807) is 0 Å². The van der Waals surface area contributed by atoms with Crippen molar-refractivity contribution in [3.8, 4) is 0 Å². The smallest absolute Gasteiger partial charge is 0.323 e. The fourth-order valence-corrected chi connectivity index (χ4v) is 3.37. The zero-order valence-electron chi connectivity index (χ0n) is 13.8. The lowest BCUT2D eigenvalue weighted by atomic mass is 9.96. The molecule has 0 aliphatic heterocycles. The third kappa shape index (κ3) is 4.19. The highest BCUT2D eigenvalue weighted by Crippen LogP contribution is 2.34. The first kappa shape index (κ1) is 17.4. The second-order valence-corrected chi connectivity index (χ2v) is 6.85. The van der Waals surface area contributed by atoms with Crippen LogP contribution in [0.15, 0.2) is 0 Å². The lowest BCUT2D eigenvalue weighted by Gasteiger charge is -2.33. The van der Waals surface area contributed by atoms with Crippen LogP contribution in [0.25, 0.3) is 0 Å². The summed E-state index contributed by atoms with van der Waals surface area (Å²) in [5.41, 5.74) is -0.702. The van der Waals surface area contributed by atoms with Crippen molar-refractivity contribution >= 4 is 5.97 Å². The van der Waals surface area contributed by atoms with Crippen LogP contribution in [0.1, 0.15) is 59.8 Å². The van der Waals surface area contributed by atoms with Crippen LogP contribution in [0.3, 0.4) is 0 Å². The third-order valence-electron chi connectivity index (χ3n) is 4.69. The van der Waals surface area contributed by atoms with Crippen LogP contribution in [0, 0.1) is 5.92 Å². The molecular weight excluding hydrogens is 252 g/mol. The lowest BCUT2D eigenvalue weighted by Crippen LogP contribution is -2.51. The number of hydrogen-bond acceptors (Lipinski definition) is 3. The average Bonchev–Trinajstić information content (AvgIpc) is 2.80. The van der Waals surface area contributed by atoms with E-state index in [0.717, 1.165) is 38.6 Å². The van der Waals surface area contributed by atoms with E-state index < -0.39 is 11.5 Å². The molecule has 20 heavy (non-hydrogen) atoms. The SMILES string of the molecule is CCCNC1(C(=O)O)CCC(N(C)C(C)CC(C)C)C1. The van der Waals surface area contributed by atoms with Crippen LogP contribution in [-0.4, -0.2) is 47.2 Å². The minimum atomic E-state index is -0.702. The molecule has 1 rings (SSSR count). The van der Waals surface area contributed by atoms with Gasteiger partial charge in [-0.05, 0) is 58.5 Å². The summed E-state index contributed by atoms with van der Waals surface area (Å²) >= 11 is 0. The molecule has 0 radical (unpaired) electrons. The third-order valence-corrected chi connectivity index (χ3v) is 4.69. The molecule has 0 aromatic heterocycles. The minimum absolute atomic E-state index is 0.379. The summed E-state index contributed by atoms with van der Waals surface area (Å²) in [6, 6.07) is 0.889. The number of aliphatic carboxylic acids is 1. The van der Waals surface area contributed by atoms with Crippen molar-refractivity contribution in [3.63, 3.8) is 0 Å². The van der Waals surface area contributed by atoms with Crippen LogP contribution >= 0.6 is 0 Å². The van der Waals surface area contributed by atoms with Crippen LogP contribution < -0.4 is 5.32 Å². The van der Waals surface area contributed by atoms with Crippen LogP contribution in [0.4, 0.5) is 0 Å². The van der Waals surface area contributed by atoms with E-state index in [-0.39, 0.29) is 0 Å². The first-order chi connectivity index (χ1) is 9.32. The Labute approximate surface area is 123 Å². The molecule has 1 aliphatic carbocycles. The zero-order valence-corrected chi connectivity index (χ0v) is 13.8. The molecule has 1 fully saturated rings.